The molecule has 2 N–H and O–H groups in total. The number of nitrogens with one attached hydrogen (secondary N) is 1. The summed E-state index contributed by atoms with van der Waals surface area (Å²) in [6.07, 6.45) is 0. The van der Waals surface area contributed by atoms with Crippen LogP contribution in [0.3, 0.4) is 0 Å². The zero-order valence-corrected chi connectivity index (χ0v) is 9.07. The molecule has 0 aliphatic rings. The largest absolute Gasteiger partial charge is 0.481 e. The highest BCUT2D eigenvalue weighted by atomic mass is 16.4. The Balaban J connectivity index is 4.01. The van der Waals surface area contributed by atoms with Crippen LogP contribution >= 0.6 is 0 Å². The van der Waals surface area contributed by atoms with E-state index < -0.39 is 11.9 Å². The van der Waals surface area contributed by atoms with Gasteiger partial charge in [-0.2, -0.15) is 0 Å². The number of hydrogen-bond donors (Lipinski definition) is 2. The molecular weight excluding hydrogens is 184 g/mol. The predicted octanol–water partition coefficient (Wildman–Crippen LogP) is 0.757. The van der Waals surface area contributed by atoms with E-state index in [2.05, 4.69) is 5.32 Å². The number of rotatable bonds is 4. The van der Waals surface area contributed by atoms with Crippen molar-refractivity contribution in [1.82, 2.24) is 10.2 Å². The van der Waals surface area contributed by atoms with Crippen LogP contribution in [0.5, 0.6) is 0 Å². The molecule has 2 amide bonds. The first kappa shape index (κ1) is 12.7. The van der Waals surface area contributed by atoms with Crippen LogP contribution in [0.15, 0.2) is 0 Å². The number of urea groups is 1. The summed E-state index contributed by atoms with van der Waals surface area (Å²) >= 11 is 0. The second kappa shape index (κ2) is 5.47. The summed E-state index contributed by atoms with van der Waals surface area (Å²) in [7, 11) is 1.58. The van der Waals surface area contributed by atoms with E-state index in [1.807, 2.05) is 13.8 Å². The Hall–Kier alpha value is -1.26. The minimum atomic E-state index is -0.894. The SMILES string of the molecule is CC(C)NC(=O)N(C)CC(C)C(=O)O. The summed E-state index contributed by atoms with van der Waals surface area (Å²) in [6, 6.07) is -0.182. The lowest BCUT2D eigenvalue weighted by Gasteiger charge is -2.21. The van der Waals surface area contributed by atoms with E-state index in [9.17, 15) is 9.59 Å². The fourth-order valence-electron chi connectivity index (χ4n) is 0.929. The quantitative estimate of drug-likeness (QED) is 0.707. The van der Waals surface area contributed by atoms with Crippen molar-refractivity contribution in [3.8, 4) is 0 Å². The predicted molar refractivity (Wildman–Crippen MR) is 53.1 cm³/mol. The molecular formula is C9H18N2O3. The summed E-state index contributed by atoms with van der Waals surface area (Å²) in [5, 5.41) is 11.3. The first-order valence-corrected chi connectivity index (χ1v) is 4.59. The molecule has 14 heavy (non-hydrogen) atoms. The molecule has 0 aliphatic carbocycles. The zero-order chi connectivity index (χ0) is 11.3. The monoisotopic (exact) mass is 202 g/mol. The molecule has 1 atom stereocenters. The van der Waals surface area contributed by atoms with Crippen molar-refractivity contribution >= 4 is 12.0 Å². The van der Waals surface area contributed by atoms with Crippen LogP contribution in [-0.2, 0) is 4.79 Å². The molecule has 0 spiro atoms. The Morgan fingerprint density at radius 3 is 2.21 bits per heavy atom. The summed E-state index contributed by atoms with van der Waals surface area (Å²) < 4.78 is 0. The average molecular weight is 202 g/mol. The van der Waals surface area contributed by atoms with Gasteiger partial charge in [0.2, 0.25) is 0 Å². The number of carboxylic acids is 1. The van der Waals surface area contributed by atoms with E-state index in [-0.39, 0.29) is 18.6 Å². The molecule has 0 aliphatic heterocycles. The van der Waals surface area contributed by atoms with Crippen LogP contribution in [0.1, 0.15) is 20.8 Å². The normalized spacial score (nSPS) is 12.4. The Morgan fingerprint density at radius 2 is 1.86 bits per heavy atom. The maximum Gasteiger partial charge on any atom is 0.317 e. The van der Waals surface area contributed by atoms with E-state index in [0.29, 0.717) is 0 Å². The highest BCUT2D eigenvalue weighted by Crippen LogP contribution is 1.98. The van der Waals surface area contributed by atoms with Gasteiger partial charge in [0.15, 0.2) is 0 Å². The van der Waals surface area contributed by atoms with Crippen molar-refractivity contribution in [1.29, 1.82) is 0 Å². The Morgan fingerprint density at radius 1 is 1.36 bits per heavy atom. The van der Waals surface area contributed by atoms with Crippen LogP contribution in [-0.4, -0.2) is 41.6 Å². The van der Waals surface area contributed by atoms with Gasteiger partial charge in [-0.05, 0) is 13.8 Å². The van der Waals surface area contributed by atoms with Gasteiger partial charge in [0.25, 0.3) is 0 Å². The Kier molecular flexibility index (Phi) is 4.97. The summed E-state index contributed by atoms with van der Waals surface area (Å²) in [5.41, 5.74) is 0. The molecule has 5 heteroatoms. The lowest BCUT2D eigenvalue weighted by atomic mass is 10.2. The van der Waals surface area contributed by atoms with E-state index in [1.54, 1.807) is 14.0 Å². The van der Waals surface area contributed by atoms with Crippen molar-refractivity contribution < 1.29 is 14.7 Å². The number of carbonyl (C=O) groups is 2. The molecule has 0 rings (SSSR count). The number of nitrogens with zero attached hydrogens (tertiary/aromatic N) is 1. The van der Waals surface area contributed by atoms with Gasteiger partial charge in [-0.15, -0.1) is 0 Å². The topological polar surface area (TPSA) is 69.6 Å². The van der Waals surface area contributed by atoms with Crippen LogP contribution in [0, 0.1) is 5.92 Å². The van der Waals surface area contributed by atoms with Crippen molar-refractivity contribution in [3.05, 3.63) is 0 Å². The minimum Gasteiger partial charge on any atom is -0.481 e. The van der Waals surface area contributed by atoms with Gasteiger partial charge in [-0.1, -0.05) is 6.92 Å². The van der Waals surface area contributed by atoms with Crippen LogP contribution in [0.2, 0.25) is 0 Å². The molecule has 82 valence electrons. The molecule has 0 saturated carbocycles. The first-order valence-electron chi connectivity index (χ1n) is 4.59. The fourth-order valence-corrected chi connectivity index (χ4v) is 0.929. The molecule has 0 aromatic heterocycles. The van der Waals surface area contributed by atoms with Crippen LogP contribution in [0.25, 0.3) is 0 Å². The molecule has 0 bridgehead atoms. The average Bonchev–Trinajstić information content (AvgIpc) is 2.02. The molecule has 5 nitrogen and oxygen atoms in total. The minimum absolute atomic E-state index is 0.0603. The molecule has 0 heterocycles. The molecule has 0 radical (unpaired) electrons. The first-order chi connectivity index (χ1) is 6.34. The molecule has 0 fully saturated rings. The lowest BCUT2D eigenvalue weighted by Crippen LogP contribution is -2.43. The maximum atomic E-state index is 11.3. The Labute approximate surface area is 84.1 Å². The summed E-state index contributed by atoms with van der Waals surface area (Å²) in [4.78, 5) is 23.2. The zero-order valence-electron chi connectivity index (χ0n) is 9.07. The number of amides is 2. The summed E-state index contributed by atoms with van der Waals surface area (Å²) in [6.45, 7) is 5.49. The van der Waals surface area contributed by atoms with Gasteiger partial charge in [-0.3, -0.25) is 4.79 Å². The van der Waals surface area contributed by atoms with Crippen molar-refractivity contribution in [2.75, 3.05) is 13.6 Å². The van der Waals surface area contributed by atoms with Crippen LogP contribution in [0.4, 0.5) is 4.79 Å². The molecule has 1 unspecified atom stereocenters. The number of aliphatic carboxylic acids is 1. The molecule has 0 aromatic rings. The second-order valence-corrected chi connectivity index (χ2v) is 3.72. The van der Waals surface area contributed by atoms with Gasteiger partial charge in [0.05, 0.1) is 5.92 Å². The second-order valence-electron chi connectivity index (χ2n) is 3.72. The van der Waals surface area contributed by atoms with E-state index >= 15 is 0 Å². The third-order valence-corrected chi connectivity index (χ3v) is 1.73. The van der Waals surface area contributed by atoms with Gasteiger partial charge < -0.3 is 15.3 Å². The standard InChI is InChI=1S/C9H18N2O3/c1-6(2)10-9(14)11(4)5-7(3)8(12)13/h6-7H,5H2,1-4H3,(H,10,14)(H,12,13). The molecule has 0 aromatic carbocycles. The third-order valence-electron chi connectivity index (χ3n) is 1.73. The Bertz CT molecular complexity index is 216. The smallest absolute Gasteiger partial charge is 0.317 e. The number of carbonyl (C=O) groups excluding carboxylic acids is 1. The van der Waals surface area contributed by atoms with Crippen molar-refractivity contribution in [2.24, 2.45) is 5.92 Å². The maximum absolute atomic E-state index is 11.3. The van der Waals surface area contributed by atoms with Gasteiger partial charge >= 0.3 is 12.0 Å². The van der Waals surface area contributed by atoms with E-state index in [4.69, 9.17) is 5.11 Å². The highest BCUT2D eigenvalue weighted by Gasteiger charge is 2.17. The molecule has 0 saturated heterocycles. The number of hydrogen-bond acceptors (Lipinski definition) is 2. The lowest BCUT2D eigenvalue weighted by molar-refractivity contribution is -0.141. The van der Waals surface area contributed by atoms with E-state index in [1.165, 1.54) is 4.90 Å². The van der Waals surface area contributed by atoms with Crippen molar-refractivity contribution in [2.45, 2.75) is 26.8 Å². The fraction of sp³-hybridized carbons (Fsp3) is 0.778. The van der Waals surface area contributed by atoms with Gasteiger partial charge in [-0.25, -0.2) is 4.79 Å². The highest BCUT2D eigenvalue weighted by molar-refractivity contribution is 5.75. The van der Waals surface area contributed by atoms with Crippen LogP contribution < -0.4 is 5.32 Å². The summed E-state index contributed by atoms with van der Waals surface area (Å²) in [5.74, 6) is -1.44. The third kappa shape index (κ3) is 4.69. The van der Waals surface area contributed by atoms with E-state index in [0.717, 1.165) is 0 Å². The van der Waals surface area contributed by atoms with Gasteiger partial charge in [0, 0.05) is 19.6 Å². The van der Waals surface area contributed by atoms with Gasteiger partial charge in [0.1, 0.15) is 0 Å². The number of carboxylic acid groups (broad SMARTS) is 1. The van der Waals surface area contributed by atoms with Crippen molar-refractivity contribution in [3.63, 3.8) is 0 Å².